The molecule has 2 N–H and O–H groups in total. The number of carbonyl (C=O) groups is 1. The predicted octanol–water partition coefficient (Wildman–Crippen LogP) is 2.56. The quantitative estimate of drug-likeness (QED) is 0.816. The van der Waals surface area contributed by atoms with Gasteiger partial charge in [-0.3, -0.25) is 4.79 Å². The third-order valence-electron chi connectivity index (χ3n) is 6.33. The van der Waals surface area contributed by atoms with Gasteiger partial charge in [0.05, 0.1) is 6.10 Å². The molecule has 1 spiro atoms. The van der Waals surface area contributed by atoms with E-state index < -0.39 is 0 Å². The van der Waals surface area contributed by atoms with Crippen LogP contribution in [-0.2, 0) is 16.0 Å². The highest BCUT2D eigenvalue weighted by atomic mass is 16.5. The van der Waals surface area contributed by atoms with E-state index in [0.29, 0.717) is 24.6 Å². The number of nitrogens with zero attached hydrogens (tertiary/aromatic N) is 1. The first-order valence-corrected chi connectivity index (χ1v) is 9.93. The molecule has 1 aromatic heterocycles. The summed E-state index contributed by atoms with van der Waals surface area (Å²) in [6.07, 6.45) is 8.32. The third kappa shape index (κ3) is 3.70. The molecule has 6 heteroatoms. The van der Waals surface area contributed by atoms with E-state index in [1.165, 1.54) is 19.3 Å². The molecule has 1 amide bonds. The molecule has 144 valence electrons. The van der Waals surface area contributed by atoms with E-state index in [4.69, 9.17) is 4.74 Å². The number of ether oxygens (including phenoxy) is 1. The van der Waals surface area contributed by atoms with Gasteiger partial charge in [-0.05, 0) is 52.0 Å². The molecule has 0 aromatic carbocycles. The van der Waals surface area contributed by atoms with Crippen LogP contribution in [0.2, 0.25) is 0 Å². The van der Waals surface area contributed by atoms with Crippen LogP contribution in [0.5, 0.6) is 0 Å². The number of rotatable bonds is 6. The van der Waals surface area contributed by atoms with Gasteiger partial charge in [-0.25, -0.2) is 4.79 Å². The summed E-state index contributed by atoms with van der Waals surface area (Å²) in [5, 5.41) is 3.27. The lowest BCUT2D eigenvalue weighted by molar-refractivity contribution is -0.157. The SMILES string of the molecule is CCO[C@H]1C[C@H](NC(=O)CCc2c(C)nc(=O)[nH]c2C)C12CCCCC2. The van der Waals surface area contributed by atoms with Crippen molar-refractivity contribution in [1.82, 2.24) is 15.3 Å². The van der Waals surface area contributed by atoms with E-state index in [1.54, 1.807) is 0 Å². The van der Waals surface area contributed by atoms with Gasteiger partial charge in [-0.1, -0.05) is 19.3 Å². The highest BCUT2D eigenvalue weighted by molar-refractivity contribution is 5.77. The van der Waals surface area contributed by atoms with E-state index in [1.807, 2.05) is 20.8 Å². The Morgan fingerprint density at radius 1 is 1.31 bits per heavy atom. The van der Waals surface area contributed by atoms with Gasteiger partial charge in [0.2, 0.25) is 5.91 Å². The van der Waals surface area contributed by atoms with Crippen LogP contribution in [-0.4, -0.2) is 34.6 Å². The van der Waals surface area contributed by atoms with Crippen LogP contribution in [0, 0.1) is 19.3 Å². The molecule has 2 atom stereocenters. The molecule has 0 radical (unpaired) electrons. The van der Waals surface area contributed by atoms with Crippen molar-refractivity contribution in [3.05, 3.63) is 27.4 Å². The molecule has 1 aromatic rings. The molecule has 2 fully saturated rings. The van der Waals surface area contributed by atoms with Gasteiger partial charge < -0.3 is 15.0 Å². The molecule has 0 unspecified atom stereocenters. The van der Waals surface area contributed by atoms with Gasteiger partial charge in [-0.2, -0.15) is 4.98 Å². The second-order valence-electron chi connectivity index (χ2n) is 7.82. The molecule has 3 rings (SSSR count). The van der Waals surface area contributed by atoms with Crippen LogP contribution in [0.3, 0.4) is 0 Å². The zero-order chi connectivity index (χ0) is 18.7. The molecule has 2 aliphatic carbocycles. The van der Waals surface area contributed by atoms with Crippen molar-refractivity contribution in [3.8, 4) is 0 Å². The Morgan fingerprint density at radius 2 is 2.04 bits per heavy atom. The summed E-state index contributed by atoms with van der Waals surface area (Å²) in [6.45, 7) is 6.47. The molecule has 26 heavy (non-hydrogen) atoms. The minimum atomic E-state index is -0.330. The van der Waals surface area contributed by atoms with E-state index in [0.717, 1.165) is 37.1 Å². The van der Waals surface area contributed by atoms with Crippen LogP contribution < -0.4 is 11.0 Å². The Balaban J connectivity index is 1.59. The smallest absolute Gasteiger partial charge is 0.345 e. The normalized spacial score (nSPS) is 24.3. The van der Waals surface area contributed by atoms with Gasteiger partial charge in [-0.15, -0.1) is 0 Å². The summed E-state index contributed by atoms with van der Waals surface area (Å²) in [6, 6.07) is 0.239. The largest absolute Gasteiger partial charge is 0.378 e. The fraction of sp³-hybridized carbons (Fsp3) is 0.750. The van der Waals surface area contributed by atoms with Gasteiger partial charge in [0.1, 0.15) is 0 Å². The molecule has 6 nitrogen and oxygen atoms in total. The summed E-state index contributed by atoms with van der Waals surface area (Å²) >= 11 is 0. The maximum atomic E-state index is 12.6. The molecule has 0 saturated heterocycles. The molecular weight excluding hydrogens is 330 g/mol. The number of H-pyrrole nitrogens is 1. The number of amides is 1. The minimum Gasteiger partial charge on any atom is -0.378 e. The Bertz CT molecular complexity index is 680. The number of aromatic nitrogens is 2. The van der Waals surface area contributed by atoms with Gasteiger partial charge in [0.15, 0.2) is 0 Å². The zero-order valence-corrected chi connectivity index (χ0v) is 16.2. The number of hydrogen-bond acceptors (Lipinski definition) is 4. The maximum Gasteiger partial charge on any atom is 0.345 e. The fourth-order valence-electron chi connectivity index (χ4n) is 4.89. The molecule has 2 aliphatic rings. The van der Waals surface area contributed by atoms with Crippen molar-refractivity contribution in [3.63, 3.8) is 0 Å². The first-order chi connectivity index (χ1) is 12.5. The average molecular weight is 361 g/mol. The number of hydrogen-bond donors (Lipinski definition) is 2. The highest BCUT2D eigenvalue weighted by Crippen LogP contribution is 2.53. The first kappa shape index (κ1) is 19.1. The van der Waals surface area contributed by atoms with Crippen molar-refractivity contribution in [2.45, 2.75) is 84.3 Å². The second-order valence-corrected chi connectivity index (χ2v) is 7.82. The van der Waals surface area contributed by atoms with Crippen molar-refractivity contribution in [1.29, 1.82) is 0 Å². The third-order valence-corrected chi connectivity index (χ3v) is 6.33. The first-order valence-electron chi connectivity index (χ1n) is 9.93. The van der Waals surface area contributed by atoms with Gasteiger partial charge in [0, 0.05) is 35.9 Å². The van der Waals surface area contributed by atoms with E-state index in [-0.39, 0.29) is 23.1 Å². The van der Waals surface area contributed by atoms with Crippen LogP contribution in [0.25, 0.3) is 0 Å². The molecule has 0 aliphatic heterocycles. The van der Waals surface area contributed by atoms with E-state index in [2.05, 4.69) is 15.3 Å². The Morgan fingerprint density at radius 3 is 2.69 bits per heavy atom. The van der Waals surface area contributed by atoms with Crippen molar-refractivity contribution < 1.29 is 9.53 Å². The number of aryl methyl sites for hydroxylation is 2. The van der Waals surface area contributed by atoms with Crippen LogP contribution in [0.4, 0.5) is 0 Å². The van der Waals surface area contributed by atoms with E-state index >= 15 is 0 Å². The van der Waals surface area contributed by atoms with Gasteiger partial charge >= 0.3 is 5.69 Å². The van der Waals surface area contributed by atoms with Crippen molar-refractivity contribution >= 4 is 5.91 Å². The number of aromatic amines is 1. The molecule has 1 heterocycles. The lowest BCUT2D eigenvalue weighted by atomic mass is 9.55. The number of carbonyl (C=O) groups excluding carboxylic acids is 1. The average Bonchev–Trinajstić information content (AvgIpc) is 2.60. The second kappa shape index (κ2) is 7.91. The standard InChI is InChI=1S/C20H31N3O3/c1-4-26-17-12-16(20(17)10-6-5-7-11-20)23-18(24)9-8-15-13(2)21-19(25)22-14(15)3/h16-17H,4-12H2,1-3H3,(H,23,24)(H,21,22,25)/t16-,17-/m0/s1. The lowest BCUT2D eigenvalue weighted by Crippen LogP contribution is -2.65. The van der Waals surface area contributed by atoms with Crippen molar-refractivity contribution in [2.24, 2.45) is 5.41 Å². The summed E-state index contributed by atoms with van der Waals surface area (Å²) < 4.78 is 5.96. The van der Waals surface area contributed by atoms with E-state index in [9.17, 15) is 9.59 Å². The van der Waals surface area contributed by atoms with Crippen LogP contribution >= 0.6 is 0 Å². The van der Waals surface area contributed by atoms with Crippen LogP contribution in [0.15, 0.2) is 4.79 Å². The minimum absolute atomic E-state index is 0.0832. The zero-order valence-electron chi connectivity index (χ0n) is 16.2. The van der Waals surface area contributed by atoms with Crippen molar-refractivity contribution in [2.75, 3.05) is 6.61 Å². The molecular formula is C20H31N3O3. The highest BCUT2D eigenvalue weighted by Gasteiger charge is 2.55. The Labute approximate surface area is 155 Å². The summed E-state index contributed by atoms with van der Waals surface area (Å²) in [5.74, 6) is 0.0832. The predicted molar refractivity (Wildman–Crippen MR) is 100 cm³/mol. The molecule has 2 saturated carbocycles. The summed E-state index contributed by atoms with van der Waals surface area (Å²) in [7, 11) is 0. The lowest BCUT2D eigenvalue weighted by Gasteiger charge is -2.57. The summed E-state index contributed by atoms with van der Waals surface area (Å²) in [5.41, 5.74) is 2.30. The Kier molecular flexibility index (Phi) is 5.80. The topological polar surface area (TPSA) is 84.1 Å². The Hall–Kier alpha value is -1.69. The van der Waals surface area contributed by atoms with Gasteiger partial charge in [0.25, 0.3) is 0 Å². The number of nitrogens with one attached hydrogen (secondary N) is 2. The fourth-order valence-corrected chi connectivity index (χ4v) is 4.89. The summed E-state index contributed by atoms with van der Waals surface area (Å²) in [4.78, 5) is 30.6. The van der Waals surface area contributed by atoms with Crippen LogP contribution in [0.1, 0.15) is 68.8 Å². The maximum absolute atomic E-state index is 12.6. The molecule has 0 bridgehead atoms. The monoisotopic (exact) mass is 361 g/mol.